The van der Waals surface area contributed by atoms with Gasteiger partial charge in [0.05, 0.1) is 24.6 Å². The third-order valence-corrected chi connectivity index (χ3v) is 3.97. The Morgan fingerprint density at radius 2 is 2.04 bits per heavy atom. The zero-order valence-corrected chi connectivity index (χ0v) is 13.3. The number of nitrogens with two attached hydrogens (primary N) is 1. The van der Waals surface area contributed by atoms with E-state index in [1.165, 1.54) is 12.5 Å². The van der Waals surface area contributed by atoms with E-state index in [1.54, 1.807) is 6.07 Å². The van der Waals surface area contributed by atoms with Crippen LogP contribution in [0.2, 0.25) is 0 Å². The fraction of sp³-hybridized carbons (Fsp3) is 0.294. The summed E-state index contributed by atoms with van der Waals surface area (Å²) >= 11 is 0. The van der Waals surface area contributed by atoms with Crippen LogP contribution in [0.25, 0.3) is 0 Å². The van der Waals surface area contributed by atoms with E-state index < -0.39 is 0 Å². The first kappa shape index (κ1) is 16.1. The van der Waals surface area contributed by atoms with Crippen LogP contribution in [-0.4, -0.2) is 48.2 Å². The minimum Gasteiger partial charge on any atom is -0.398 e. The number of hydrogen-bond acceptors (Lipinski definition) is 7. The first-order valence-electron chi connectivity index (χ1n) is 7.80. The van der Waals surface area contributed by atoms with Crippen LogP contribution in [0.1, 0.15) is 16.8 Å². The van der Waals surface area contributed by atoms with Gasteiger partial charge in [-0.15, -0.1) is 0 Å². The van der Waals surface area contributed by atoms with Gasteiger partial charge in [0, 0.05) is 36.8 Å². The van der Waals surface area contributed by atoms with E-state index in [1.807, 2.05) is 18.2 Å². The van der Waals surface area contributed by atoms with Crippen molar-refractivity contribution in [3.63, 3.8) is 0 Å². The number of morpholine rings is 1. The Labute approximate surface area is 140 Å². The Balaban J connectivity index is 1.89. The van der Waals surface area contributed by atoms with Gasteiger partial charge in [0.15, 0.2) is 0 Å². The molecule has 1 saturated heterocycles. The molecule has 3 rings (SSSR count). The summed E-state index contributed by atoms with van der Waals surface area (Å²) in [5, 5.41) is 15.7. The molecule has 1 fully saturated rings. The molecule has 124 valence electrons. The average molecular weight is 324 g/mol. The SMILES string of the molecule is N=CCc1ccc(N)c(C(=N)c2cc(N3CCOCC3)ncn2)c1. The van der Waals surface area contributed by atoms with Gasteiger partial charge in [-0.3, -0.25) is 5.41 Å². The van der Waals surface area contributed by atoms with Crippen molar-refractivity contribution in [2.24, 2.45) is 0 Å². The van der Waals surface area contributed by atoms with Gasteiger partial charge in [0.25, 0.3) is 0 Å². The molecule has 1 aliphatic heterocycles. The predicted molar refractivity (Wildman–Crippen MR) is 94.3 cm³/mol. The van der Waals surface area contributed by atoms with Crippen LogP contribution in [0, 0.1) is 10.8 Å². The monoisotopic (exact) mass is 324 g/mol. The lowest BCUT2D eigenvalue weighted by atomic mass is 10.0. The molecule has 1 aromatic carbocycles. The minimum absolute atomic E-state index is 0.260. The van der Waals surface area contributed by atoms with Crippen molar-refractivity contribution in [3.8, 4) is 0 Å². The summed E-state index contributed by atoms with van der Waals surface area (Å²) in [7, 11) is 0. The van der Waals surface area contributed by atoms with Gasteiger partial charge in [-0.1, -0.05) is 6.07 Å². The van der Waals surface area contributed by atoms with E-state index in [4.69, 9.17) is 21.3 Å². The molecule has 7 nitrogen and oxygen atoms in total. The predicted octanol–water partition coefficient (Wildman–Crippen LogP) is 1.50. The van der Waals surface area contributed by atoms with Gasteiger partial charge in [0.2, 0.25) is 0 Å². The fourth-order valence-corrected chi connectivity index (χ4v) is 2.65. The number of nitrogens with zero attached hydrogens (tertiary/aromatic N) is 3. The van der Waals surface area contributed by atoms with E-state index in [0.29, 0.717) is 36.6 Å². The van der Waals surface area contributed by atoms with Crippen molar-refractivity contribution >= 4 is 23.4 Å². The van der Waals surface area contributed by atoms with Crippen molar-refractivity contribution in [1.82, 2.24) is 9.97 Å². The van der Waals surface area contributed by atoms with Crippen molar-refractivity contribution in [1.29, 1.82) is 10.8 Å². The van der Waals surface area contributed by atoms with Gasteiger partial charge >= 0.3 is 0 Å². The lowest BCUT2D eigenvalue weighted by molar-refractivity contribution is 0.122. The Bertz CT molecular complexity index is 754. The Morgan fingerprint density at radius 3 is 2.79 bits per heavy atom. The highest BCUT2D eigenvalue weighted by atomic mass is 16.5. The smallest absolute Gasteiger partial charge is 0.132 e. The van der Waals surface area contributed by atoms with Crippen LogP contribution >= 0.6 is 0 Å². The molecule has 0 atom stereocenters. The molecule has 7 heteroatoms. The Hall–Kier alpha value is -2.80. The number of ether oxygens (including phenoxy) is 1. The molecule has 2 heterocycles. The number of aromatic nitrogens is 2. The zero-order chi connectivity index (χ0) is 16.9. The van der Waals surface area contributed by atoms with E-state index in [-0.39, 0.29) is 5.71 Å². The largest absolute Gasteiger partial charge is 0.398 e. The topological polar surface area (TPSA) is 112 Å². The first-order valence-corrected chi connectivity index (χ1v) is 7.80. The second kappa shape index (κ2) is 7.18. The summed E-state index contributed by atoms with van der Waals surface area (Å²) < 4.78 is 5.36. The van der Waals surface area contributed by atoms with Crippen LogP contribution in [0.5, 0.6) is 0 Å². The van der Waals surface area contributed by atoms with Crippen LogP contribution in [0.15, 0.2) is 30.6 Å². The first-order chi connectivity index (χ1) is 11.7. The quantitative estimate of drug-likeness (QED) is 0.570. The maximum absolute atomic E-state index is 8.48. The number of nitrogen functional groups attached to an aromatic ring is 1. The summed E-state index contributed by atoms with van der Waals surface area (Å²) in [6.07, 6.45) is 3.33. The van der Waals surface area contributed by atoms with Crippen LogP contribution in [0.3, 0.4) is 0 Å². The van der Waals surface area contributed by atoms with Gasteiger partial charge in [-0.2, -0.15) is 0 Å². The van der Waals surface area contributed by atoms with Gasteiger partial charge in [-0.05, 0) is 23.9 Å². The molecule has 0 bridgehead atoms. The molecule has 0 spiro atoms. The third kappa shape index (κ3) is 3.41. The maximum atomic E-state index is 8.48. The van der Waals surface area contributed by atoms with Crippen LogP contribution in [0.4, 0.5) is 11.5 Å². The number of anilines is 2. The molecule has 0 aliphatic carbocycles. The Kier molecular flexibility index (Phi) is 4.81. The van der Waals surface area contributed by atoms with Crippen LogP contribution < -0.4 is 10.6 Å². The number of nitrogens with one attached hydrogen (secondary N) is 2. The molecule has 1 aliphatic rings. The molecule has 0 unspecified atom stereocenters. The standard InChI is InChI=1S/C17H20N6O/c18-4-3-12-1-2-14(19)13(9-12)17(20)15-10-16(22-11-21-15)23-5-7-24-8-6-23/h1-2,4,9-11,18,20H,3,5-8,19H2. The molecule has 1 aromatic heterocycles. The van der Waals surface area contributed by atoms with Gasteiger partial charge in [0.1, 0.15) is 12.1 Å². The number of rotatable bonds is 5. The molecule has 24 heavy (non-hydrogen) atoms. The number of hydrogen-bond donors (Lipinski definition) is 3. The average Bonchev–Trinajstić information content (AvgIpc) is 2.64. The van der Waals surface area contributed by atoms with Crippen LogP contribution in [-0.2, 0) is 11.2 Å². The van der Waals surface area contributed by atoms with Crippen molar-refractivity contribution in [3.05, 3.63) is 47.4 Å². The molecular weight excluding hydrogens is 304 g/mol. The molecule has 0 saturated carbocycles. The third-order valence-electron chi connectivity index (χ3n) is 3.97. The normalized spacial score (nSPS) is 14.4. The van der Waals surface area contributed by atoms with E-state index >= 15 is 0 Å². The van der Waals surface area contributed by atoms with Crippen molar-refractivity contribution in [2.75, 3.05) is 36.9 Å². The Morgan fingerprint density at radius 1 is 1.25 bits per heavy atom. The lowest BCUT2D eigenvalue weighted by Gasteiger charge is -2.27. The molecular formula is C17H20N6O. The second-order valence-corrected chi connectivity index (χ2v) is 5.57. The molecule has 0 radical (unpaired) electrons. The van der Waals surface area contributed by atoms with E-state index in [0.717, 1.165) is 24.5 Å². The molecule has 4 N–H and O–H groups in total. The van der Waals surface area contributed by atoms with Crippen molar-refractivity contribution < 1.29 is 4.74 Å². The summed E-state index contributed by atoms with van der Waals surface area (Å²) in [5.41, 5.74) is 8.93. The maximum Gasteiger partial charge on any atom is 0.132 e. The molecule has 2 aromatic rings. The molecule has 0 amide bonds. The minimum atomic E-state index is 0.260. The lowest BCUT2D eigenvalue weighted by Crippen LogP contribution is -2.36. The number of benzene rings is 1. The second-order valence-electron chi connectivity index (χ2n) is 5.57. The van der Waals surface area contributed by atoms with E-state index in [9.17, 15) is 0 Å². The summed E-state index contributed by atoms with van der Waals surface area (Å²) in [5.74, 6) is 0.794. The zero-order valence-electron chi connectivity index (χ0n) is 13.3. The van der Waals surface area contributed by atoms with Gasteiger partial charge < -0.3 is 20.8 Å². The highest BCUT2D eigenvalue weighted by molar-refractivity contribution is 6.13. The highest BCUT2D eigenvalue weighted by Crippen LogP contribution is 2.20. The highest BCUT2D eigenvalue weighted by Gasteiger charge is 2.16. The van der Waals surface area contributed by atoms with E-state index in [2.05, 4.69) is 14.9 Å². The summed E-state index contributed by atoms with van der Waals surface area (Å²) in [4.78, 5) is 10.7. The fourth-order valence-electron chi connectivity index (χ4n) is 2.65. The van der Waals surface area contributed by atoms with Crippen molar-refractivity contribution in [2.45, 2.75) is 6.42 Å². The summed E-state index contributed by atoms with van der Waals surface area (Å²) in [6, 6.07) is 7.30. The summed E-state index contributed by atoms with van der Waals surface area (Å²) in [6.45, 7) is 2.91. The van der Waals surface area contributed by atoms with Gasteiger partial charge in [-0.25, -0.2) is 9.97 Å².